The maximum atomic E-state index is 12.7. The molecule has 4 aromatic rings. The van der Waals surface area contributed by atoms with Gasteiger partial charge in [-0.1, -0.05) is 12.1 Å². The second-order valence-electron chi connectivity index (χ2n) is 8.28. The fourth-order valence-electron chi connectivity index (χ4n) is 4.09. The summed E-state index contributed by atoms with van der Waals surface area (Å²) in [5, 5.41) is 16.1. The van der Waals surface area contributed by atoms with E-state index < -0.39 is 12.0 Å². The van der Waals surface area contributed by atoms with Gasteiger partial charge in [0.1, 0.15) is 10.5 Å². The molecule has 0 aliphatic carbocycles. The molecule has 10 nitrogen and oxygen atoms in total. The lowest BCUT2D eigenvalue weighted by Gasteiger charge is -2.27. The molecular formula is C24H20N5O5S-. The zero-order chi connectivity index (χ0) is 23.9. The summed E-state index contributed by atoms with van der Waals surface area (Å²) in [4.78, 5) is 36.0. The molecule has 0 radical (unpaired) electrons. The Labute approximate surface area is 203 Å². The number of anilines is 4. The Morgan fingerprint density at radius 3 is 2.71 bits per heavy atom. The maximum absolute atomic E-state index is 12.7. The highest BCUT2D eigenvalue weighted by Crippen LogP contribution is 2.35. The van der Waals surface area contributed by atoms with Crippen molar-refractivity contribution in [1.82, 2.24) is 9.97 Å². The van der Waals surface area contributed by atoms with Gasteiger partial charge in [-0.25, -0.2) is 4.98 Å². The summed E-state index contributed by atoms with van der Waals surface area (Å²) in [6, 6.07) is 10.2. The van der Waals surface area contributed by atoms with Crippen LogP contribution in [0.3, 0.4) is 0 Å². The second kappa shape index (κ2) is 8.67. The van der Waals surface area contributed by atoms with E-state index in [-0.39, 0.29) is 5.43 Å². The third-order valence-corrected chi connectivity index (χ3v) is 7.00. The molecule has 11 heteroatoms. The predicted octanol–water partition coefficient (Wildman–Crippen LogP) is 1.83. The number of nitrogens with zero attached hydrogens (tertiary/aromatic N) is 4. The molecule has 6 rings (SSSR count). The van der Waals surface area contributed by atoms with Crippen molar-refractivity contribution in [2.45, 2.75) is 6.04 Å². The Hall–Kier alpha value is -3.96. The Morgan fingerprint density at radius 2 is 1.97 bits per heavy atom. The lowest BCUT2D eigenvalue weighted by atomic mass is 10.1. The molecular weight excluding hydrogens is 470 g/mol. The van der Waals surface area contributed by atoms with Gasteiger partial charge in [-0.3, -0.25) is 4.79 Å². The SMILES string of the molecule is O=C([O-])C1CN1c1ccnc(Nc2ccc(-c3csc4c(=O)cc(N5CCOCC5)oc34)cc2)n1. The van der Waals surface area contributed by atoms with Crippen LogP contribution >= 0.6 is 11.3 Å². The van der Waals surface area contributed by atoms with Gasteiger partial charge in [0.05, 0.1) is 25.2 Å². The fourth-order valence-corrected chi connectivity index (χ4v) is 5.01. The van der Waals surface area contributed by atoms with Crippen molar-refractivity contribution in [3.63, 3.8) is 0 Å². The monoisotopic (exact) mass is 490 g/mol. The van der Waals surface area contributed by atoms with E-state index in [1.54, 1.807) is 23.2 Å². The second-order valence-corrected chi connectivity index (χ2v) is 9.16. The van der Waals surface area contributed by atoms with Gasteiger partial charge in [0.25, 0.3) is 0 Å². The summed E-state index contributed by atoms with van der Waals surface area (Å²) in [6.07, 6.45) is 1.58. The van der Waals surface area contributed by atoms with Crippen molar-refractivity contribution in [1.29, 1.82) is 0 Å². The van der Waals surface area contributed by atoms with E-state index in [1.165, 1.54) is 11.3 Å². The zero-order valence-electron chi connectivity index (χ0n) is 18.5. The number of fused-ring (bicyclic) bond motifs is 1. The van der Waals surface area contributed by atoms with E-state index in [4.69, 9.17) is 9.15 Å². The fraction of sp³-hybridized carbons (Fsp3) is 0.250. The van der Waals surface area contributed by atoms with Crippen LogP contribution in [0.5, 0.6) is 0 Å². The summed E-state index contributed by atoms with van der Waals surface area (Å²) >= 11 is 1.37. The first kappa shape index (κ1) is 21.6. The lowest BCUT2D eigenvalue weighted by molar-refractivity contribution is -0.304. The molecule has 2 aliphatic rings. The number of carboxylic acids is 1. The van der Waals surface area contributed by atoms with Crippen molar-refractivity contribution >= 4 is 50.9 Å². The Balaban J connectivity index is 1.24. The highest BCUT2D eigenvalue weighted by molar-refractivity contribution is 7.17. The minimum atomic E-state index is -1.11. The standard InChI is InChI=1S/C24H21N5O5S/c30-18-11-20(28-7-9-33-10-8-28)34-21-16(13-35-22(18)21)14-1-3-15(4-2-14)26-24-25-6-5-19(27-24)29-12-17(29)23(31)32/h1-6,11,13,17H,7-10,12H2,(H,31,32)(H,25,26,27)/p-1. The molecule has 2 aliphatic heterocycles. The van der Waals surface area contributed by atoms with Crippen LogP contribution in [0.1, 0.15) is 0 Å². The smallest absolute Gasteiger partial charge is 0.229 e. The van der Waals surface area contributed by atoms with Gasteiger partial charge in [-0.2, -0.15) is 4.98 Å². The number of carboxylic acid groups (broad SMARTS) is 1. The van der Waals surface area contributed by atoms with Crippen molar-refractivity contribution in [3.8, 4) is 11.1 Å². The number of ether oxygens (including phenoxy) is 1. The van der Waals surface area contributed by atoms with Gasteiger partial charge in [-0.05, 0) is 23.8 Å². The zero-order valence-corrected chi connectivity index (χ0v) is 19.3. The van der Waals surface area contributed by atoms with Crippen LogP contribution in [-0.2, 0) is 9.53 Å². The highest BCUT2D eigenvalue weighted by Gasteiger charge is 2.36. The van der Waals surface area contributed by atoms with Crippen molar-refractivity contribution in [2.24, 2.45) is 0 Å². The molecule has 0 saturated carbocycles. The van der Waals surface area contributed by atoms with Crippen LogP contribution in [0.2, 0.25) is 0 Å². The van der Waals surface area contributed by atoms with Crippen molar-refractivity contribution in [3.05, 3.63) is 58.2 Å². The third-order valence-electron chi connectivity index (χ3n) is 6.02. The number of carbonyl (C=O) groups excluding carboxylic acids is 1. The number of nitrogens with one attached hydrogen (secondary N) is 1. The number of morpholine rings is 1. The number of thiophene rings is 1. The normalized spacial score (nSPS) is 17.5. The molecule has 2 fully saturated rings. The quantitative estimate of drug-likeness (QED) is 0.400. The highest BCUT2D eigenvalue weighted by atomic mass is 32.1. The molecule has 2 saturated heterocycles. The van der Waals surface area contributed by atoms with Gasteiger partial charge >= 0.3 is 0 Å². The third kappa shape index (κ3) is 4.19. The molecule has 0 bridgehead atoms. The minimum Gasteiger partial charge on any atom is -0.548 e. The molecule has 0 spiro atoms. The van der Waals surface area contributed by atoms with E-state index in [2.05, 4.69) is 15.3 Å². The van der Waals surface area contributed by atoms with Gasteiger partial charge in [0, 0.05) is 48.5 Å². The Bertz CT molecular complexity index is 1460. The first-order chi connectivity index (χ1) is 17.1. The average Bonchev–Trinajstić information content (AvgIpc) is 3.58. The van der Waals surface area contributed by atoms with E-state index in [9.17, 15) is 14.7 Å². The topological polar surface area (TPSA) is 124 Å². The molecule has 5 heterocycles. The molecule has 1 atom stereocenters. The molecule has 3 aromatic heterocycles. The molecule has 35 heavy (non-hydrogen) atoms. The number of aromatic nitrogens is 2. The number of benzene rings is 1. The van der Waals surface area contributed by atoms with Crippen LogP contribution < -0.4 is 25.7 Å². The van der Waals surface area contributed by atoms with Gasteiger partial charge in [-0.15, -0.1) is 11.3 Å². The van der Waals surface area contributed by atoms with E-state index in [0.29, 0.717) is 60.8 Å². The minimum absolute atomic E-state index is 0.0494. The predicted molar refractivity (Wildman–Crippen MR) is 130 cm³/mol. The number of carbonyl (C=O) groups is 1. The lowest BCUT2D eigenvalue weighted by Crippen LogP contribution is -2.36. The van der Waals surface area contributed by atoms with Crippen LogP contribution in [0.4, 0.5) is 23.3 Å². The average molecular weight is 491 g/mol. The van der Waals surface area contributed by atoms with Crippen molar-refractivity contribution in [2.75, 3.05) is 48.0 Å². The number of aliphatic carboxylic acids is 1. The maximum Gasteiger partial charge on any atom is 0.229 e. The largest absolute Gasteiger partial charge is 0.548 e. The van der Waals surface area contributed by atoms with Crippen LogP contribution in [0.15, 0.2) is 57.2 Å². The number of hydrogen-bond donors (Lipinski definition) is 1. The summed E-state index contributed by atoms with van der Waals surface area (Å²) in [6.45, 7) is 2.96. The Kier molecular flexibility index (Phi) is 5.34. The molecule has 0 amide bonds. The van der Waals surface area contributed by atoms with Crippen LogP contribution in [-0.4, -0.2) is 54.8 Å². The summed E-state index contributed by atoms with van der Waals surface area (Å²) in [5.41, 5.74) is 3.08. The molecule has 178 valence electrons. The van der Waals surface area contributed by atoms with E-state index in [0.717, 1.165) is 16.8 Å². The summed E-state index contributed by atoms with van der Waals surface area (Å²) in [7, 11) is 0. The molecule has 1 unspecified atom stereocenters. The van der Waals surface area contributed by atoms with E-state index in [1.807, 2.05) is 34.5 Å². The van der Waals surface area contributed by atoms with Gasteiger partial charge in [0.2, 0.25) is 11.4 Å². The number of hydrogen-bond acceptors (Lipinski definition) is 11. The molecule has 1 N–H and O–H groups in total. The van der Waals surface area contributed by atoms with E-state index >= 15 is 0 Å². The van der Waals surface area contributed by atoms with Crippen LogP contribution in [0.25, 0.3) is 21.4 Å². The molecule has 1 aromatic carbocycles. The van der Waals surface area contributed by atoms with Crippen molar-refractivity contribution < 1.29 is 19.1 Å². The van der Waals surface area contributed by atoms with Gasteiger partial charge in [0.15, 0.2) is 11.5 Å². The Morgan fingerprint density at radius 1 is 1.17 bits per heavy atom. The first-order valence-corrected chi connectivity index (χ1v) is 12.0. The first-order valence-electron chi connectivity index (χ1n) is 11.1. The summed E-state index contributed by atoms with van der Waals surface area (Å²) in [5.74, 6) is 0.348. The van der Waals surface area contributed by atoms with Gasteiger partial charge < -0.3 is 34.2 Å². The number of rotatable bonds is 6. The van der Waals surface area contributed by atoms with Crippen LogP contribution in [0, 0.1) is 0 Å². The summed E-state index contributed by atoms with van der Waals surface area (Å²) < 4.78 is 12.2.